The zero-order valence-corrected chi connectivity index (χ0v) is 12.4. The van der Waals surface area contributed by atoms with Crippen molar-refractivity contribution in [2.24, 2.45) is 0 Å². The molecule has 0 radical (unpaired) electrons. The molecule has 3 aromatic rings. The summed E-state index contributed by atoms with van der Waals surface area (Å²) in [6.07, 6.45) is 0. The van der Waals surface area contributed by atoms with Crippen LogP contribution < -0.4 is 4.74 Å². The second-order valence-electron chi connectivity index (χ2n) is 4.79. The van der Waals surface area contributed by atoms with Gasteiger partial charge in [-0.3, -0.25) is 4.98 Å². The van der Waals surface area contributed by atoms with E-state index in [1.807, 2.05) is 25.1 Å². The highest BCUT2D eigenvalue weighted by Gasteiger charge is 2.13. The molecule has 106 valence electrons. The quantitative estimate of drug-likeness (QED) is 0.663. The van der Waals surface area contributed by atoms with E-state index in [4.69, 9.17) is 16.3 Å². The van der Waals surface area contributed by atoms with Crippen LogP contribution in [-0.2, 0) is 0 Å². The SMILES string of the molecule is COc1ccc(F)c(-c2cc(C)nc3c(Cl)cccc23)c1. The fraction of sp³-hybridized carbons (Fsp3) is 0.118. The van der Waals surface area contributed by atoms with Crippen LogP contribution in [0.3, 0.4) is 0 Å². The fourth-order valence-electron chi connectivity index (χ4n) is 2.40. The molecule has 0 saturated carbocycles. The molecule has 0 N–H and O–H groups in total. The summed E-state index contributed by atoms with van der Waals surface area (Å²) < 4.78 is 19.4. The lowest BCUT2D eigenvalue weighted by Crippen LogP contribution is -1.93. The van der Waals surface area contributed by atoms with Gasteiger partial charge >= 0.3 is 0 Å². The third-order valence-electron chi connectivity index (χ3n) is 3.38. The van der Waals surface area contributed by atoms with Crippen LogP contribution in [0.25, 0.3) is 22.0 Å². The maximum absolute atomic E-state index is 14.2. The van der Waals surface area contributed by atoms with Crippen molar-refractivity contribution in [1.82, 2.24) is 4.98 Å². The number of pyridine rings is 1. The Morgan fingerprint density at radius 2 is 1.90 bits per heavy atom. The molecule has 0 amide bonds. The summed E-state index contributed by atoms with van der Waals surface area (Å²) in [5.74, 6) is 0.304. The third-order valence-corrected chi connectivity index (χ3v) is 3.69. The number of aryl methyl sites for hydroxylation is 1. The van der Waals surface area contributed by atoms with E-state index in [-0.39, 0.29) is 5.82 Å². The molecule has 21 heavy (non-hydrogen) atoms. The minimum atomic E-state index is -0.303. The summed E-state index contributed by atoms with van der Waals surface area (Å²) in [5, 5.41) is 1.38. The Morgan fingerprint density at radius 1 is 1.10 bits per heavy atom. The van der Waals surface area contributed by atoms with Crippen LogP contribution in [0, 0.1) is 12.7 Å². The van der Waals surface area contributed by atoms with Crippen LogP contribution in [0.15, 0.2) is 42.5 Å². The predicted octanol–water partition coefficient (Wildman–Crippen LogP) is 5.01. The molecular weight excluding hydrogens is 289 g/mol. The van der Waals surface area contributed by atoms with Crippen molar-refractivity contribution < 1.29 is 9.13 Å². The van der Waals surface area contributed by atoms with E-state index >= 15 is 0 Å². The number of hydrogen-bond acceptors (Lipinski definition) is 2. The molecule has 2 aromatic carbocycles. The number of para-hydroxylation sites is 1. The Bertz CT molecular complexity index is 832. The molecule has 0 fully saturated rings. The van der Waals surface area contributed by atoms with Gasteiger partial charge in [0, 0.05) is 16.6 Å². The molecule has 0 aliphatic heterocycles. The molecule has 1 aromatic heterocycles. The molecule has 1 heterocycles. The first-order valence-corrected chi connectivity index (χ1v) is 6.87. The molecule has 3 rings (SSSR count). The summed E-state index contributed by atoms with van der Waals surface area (Å²) in [5.41, 5.74) is 2.70. The molecule has 0 unspecified atom stereocenters. The van der Waals surface area contributed by atoms with Gasteiger partial charge in [-0.2, -0.15) is 0 Å². The highest BCUT2D eigenvalue weighted by molar-refractivity contribution is 6.35. The normalized spacial score (nSPS) is 10.9. The fourth-order valence-corrected chi connectivity index (χ4v) is 2.62. The number of methoxy groups -OCH3 is 1. The molecule has 0 spiro atoms. The van der Waals surface area contributed by atoms with Crippen molar-refractivity contribution in [2.75, 3.05) is 7.11 Å². The summed E-state index contributed by atoms with van der Waals surface area (Å²) in [6.45, 7) is 1.87. The highest BCUT2D eigenvalue weighted by atomic mass is 35.5. The summed E-state index contributed by atoms with van der Waals surface area (Å²) >= 11 is 6.21. The Morgan fingerprint density at radius 3 is 2.67 bits per heavy atom. The number of benzene rings is 2. The Kier molecular flexibility index (Phi) is 3.52. The lowest BCUT2D eigenvalue weighted by atomic mass is 9.99. The number of halogens is 2. The third kappa shape index (κ3) is 2.45. The molecule has 0 atom stereocenters. The van der Waals surface area contributed by atoms with Crippen LogP contribution in [-0.4, -0.2) is 12.1 Å². The lowest BCUT2D eigenvalue weighted by molar-refractivity contribution is 0.414. The Balaban J connectivity index is 2.37. The molecule has 4 heteroatoms. The lowest BCUT2D eigenvalue weighted by Gasteiger charge is -2.11. The van der Waals surface area contributed by atoms with Crippen LogP contribution in [0.1, 0.15) is 5.69 Å². The zero-order valence-electron chi connectivity index (χ0n) is 11.7. The summed E-state index contributed by atoms with van der Waals surface area (Å²) in [4.78, 5) is 4.45. The van der Waals surface area contributed by atoms with Crippen molar-refractivity contribution in [3.63, 3.8) is 0 Å². The van der Waals surface area contributed by atoms with Crippen molar-refractivity contribution >= 4 is 22.5 Å². The van der Waals surface area contributed by atoms with E-state index in [0.29, 0.717) is 21.9 Å². The van der Waals surface area contributed by atoms with Crippen LogP contribution in [0.2, 0.25) is 5.02 Å². The predicted molar refractivity (Wildman–Crippen MR) is 83.4 cm³/mol. The minimum absolute atomic E-state index is 0.303. The molecular formula is C17H13ClFNO. The average molecular weight is 302 g/mol. The second-order valence-corrected chi connectivity index (χ2v) is 5.20. The first-order chi connectivity index (χ1) is 10.1. The van der Waals surface area contributed by atoms with Gasteiger partial charge in [0.15, 0.2) is 0 Å². The monoisotopic (exact) mass is 301 g/mol. The van der Waals surface area contributed by atoms with E-state index in [2.05, 4.69) is 4.98 Å². The van der Waals surface area contributed by atoms with Crippen LogP contribution >= 0.6 is 11.6 Å². The highest BCUT2D eigenvalue weighted by Crippen LogP contribution is 2.34. The smallest absolute Gasteiger partial charge is 0.131 e. The number of rotatable bonds is 2. The van der Waals surface area contributed by atoms with Gasteiger partial charge in [0.05, 0.1) is 17.6 Å². The molecule has 0 aliphatic rings. The molecule has 0 aliphatic carbocycles. The summed E-state index contributed by atoms with van der Waals surface area (Å²) in [6, 6.07) is 12.1. The molecule has 0 bridgehead atoms. The van der Waals surface area contributed by atoms with Gasteiger partial charge in [0.1, 0.15) is 11.6 Å². The Hall–Kier alpha value is -2.13. The van der Waals surface area contributed by atoms with E-state index in [1.165, 1.54) is 6.07 Å². The zero-order chi connectivity index (χ0) is 15.0. The minimum Gasteiger partial charge on any atom is -0.497 e. The largest absolute Gasteiger partial charge is 0.497 e. The van der Waals surface area contributed by atoms with E-state index in [1.54, 1.807) is 25.3 Å². The number of ether oxygens (including phenoxy) is 1. The van der Waals surface area contributed by atoms with Gasteiger partial charge in [0.25, 0.3) is 0 Å². The standard InChI is InChI=1S/C17H13ClFNO/c1-10-8-13(12-4-3-5-15(18)17(12)20-10)14-9-11(21-2)6-7-16(14)19/h3-9H,1-2H3. The topological polar surface area (TPSA) is 22.1 Å². The number of fused-ring (bicyclic) bond motifs is 1. The first kappa shape index (κ1) is 13.8. The number of nitrogens with zero attached hydrogens (tertiary/aromatic N) is 1. The van der Waals surface area contributed by atoms with Crippen molar-refractivity contribution in [1.29, 1.82) is 0 Å². The Labute approximate surface area is 127 Å². The van der Waals surface area contributed by atoms with E-state index < -0.39 is 0 Å². The van der Waals surface area contributed by atoms with E-state index in [9.17, 15) is 4.39 Å². The summed E-state index contributed by atoms with van der Waals surface area (Å²) in [7, 11) is 1.56. The van der Waals surface area contributed by atoms with Gasteiger partial charge < -0.3 is 4.74 Å². The van der Waals surface area contributed by atoms with Crippen molar-refractivity contribution in [2.45, 2.75) is 6.92 Å². The average Bonchev–Trinajstić information content (AvgIpc) is 2.48. The second kappa shape index (κ2) is 5.34. The van der Waals surface area contributed by atoms with Gasteiger partial charge in [-0.1, -0.05) is 23.7 Å². The number of hydrogen-bond donors (Lipinski definition) is 0. The van der Waals surface area contributed by atoms with Gasteiger partial charge in [0.2, 0.25) is 0 Å². The maximum atomic E-state index is 14.2. The maximum Gasteiger partial charge on any atom is 0.131 e. The van der Waals surface area contributed by atoms with Gasteiger partial charge in [-0.25, -0.2) is 4.39 Å². The molecule has 0 saturated heterocycles. The number of aromatic nitrogens is 1. The molecule has 2 nitrogen and oxygen atoms in total. The van der Waals surface area contributed by atoms with Crippen LogP contribution in [0.5, 0.6) is 5.75 Å². The van der Waals surface area contributed by atoms with Crippen LogP contribution in [0.4, 0.5) is 4.39 Å². The first-order valence-electron chi connectivity index (χ1n) is 6.50. The van der Waals surface area contributed by atoms with E-state index in [0.717, 1.165) is 16.6 Å². The van der Waals surface area contributed by atoms with Crippen molar-refractivity contribution in [3.05, 3.63) is 59.0 Å². The van der Waals surface area contributed by atoms with Gasteiger partial charge in [-0.15, -0.1) is 0 Å². The van der Waals surface area contributed by atoms with Gasteiger partial charge in [-0.05, 0) is 42.8 Å². The van der Waals surface area contributed by atoms with Crippen molar-refractivity contribution in [3.8, 4) is 16.9 Å².